The molecule has 0 bridgehead atoms. The highest BCUT2D eigenvalue weighted by Gasteiger charge is 2.11. The van der Waals surface area contributed by atoms with Gasteiger partial charge in [0.2, 0.25) is 5.91 Å². The van der Waals surface area contributed by atoms with E-state index in [0.717, 1.165) is 16.8 Å². The van der Waals surface area contributed by atoms with E-state index in [2.05, 4.69) is 5.10 Å². The molecule has 112 valence electrons. The Kier molecular flexibility index (Phi) is 4.34. The van der Waals surface area contributed by atoms with Crippen LogP contribution in [0.5, 0.6) is 0 Å². The number of carbonyl (C=O) groups is 1. The van der Waals surface area contributed by atoms with Gasteiger partial charge in [-0.15, -0.1) is 0 Å². The molecule has 3 aromatic rings. The van der Waals surface area contributed by atoms with E-state index in [4.69, 9.17) is 0 Å². The van der Waals surface area contributed by atoms with Crippen LogP contribution in [0.25, 0.3) is 5.69 Å². The van der Waals surface area contributed by atoms with E-state index in [9.17, 15) is 4.79 Å². The molecule has 1 aromatic carbocycles. The van der Waals surface area contributed by atoms with Crippen molar-refractivity contribution >= 4 is 17.2 Å². The van der Waals surface area contributed by atoms with Gasteiger partial charge in [0.1, 0.15) is 0 Å². The largest absolute Gasteiger partial charge is 0.341 e. The molecule has 22 heavy (non-hydrogen) atoms. The molecule has 0 N–H and O–H groups in total. The van der Waals surface area contributed by atoms with E-state index >= 15 is 0 Å². The van der Waals surface area contributed by atoms with E-state index in [1.807, 2.05) is 65.1 Å². The molecule has 1 amide bonds. The van der Waals surface area contributed by atoms with Crippen LogP contribution in [-0.2, 0) is 17.8 Å². The minimum absolute atomic E-state index is 0.117. The lowest BCUT2D eigenvalue weighted by Crippen LogP contribution is -2.27. The summed E-state index contributed by atoms with van der Waals surface area (Å²) < 4.78 is 1.83. The lowest BCUT2D eigenvalue weighted by molar-refractivity contribution is -0.129. The smallest absolute Gasteiger partial charge is 0.227 e. The second-order valence-electron chi connectivity index (χ2n) is 5.19. The molecule has 2 heterocycles. The summed E-state index contributed by atoms with van der Waals surface area (Å²) in [6.07, 6.45) is 4.22. The van der Waals surface area contributed by atoms with Crippen molar-refractivity contribution in [2.45, 2.75) is 13.0 Å². The van der Waals surface area contributed by atoms with E-state index in [0.29, 0.717) is 13.0 Å². The number of nitrogens with zero attached hydrogens (tertiary/aromatic N) is 3. The van der Waals surface area contributed by atoms with Crippen molar-refractivity contribution in [2.75, 3.05) is 7.05 Å². The fourth-order valence-electron chi connectivity index (χ4n) is 2.23. The third-order valence-corrected chi connectivity index (χ3v) is 4.17. The lowest BCUT2D eigenvalue weighted by Gasteiger charge is -2.15. The van der Waals surface area contributed by atoms with Crippen molar-refractivity contribution in [3.05, 3.63) is 70.7 Å². The van der Waals surface area contributed by atoms with Crippen molar-refractivity contribution < 1.29 is 4.79 Å². The molecule has 0 aliphatic heterocycles. The fourth-order valence-corrected chi connectivity index (χ4v) is 2.90. The monoisotopic (exact) mass is 311 g/mol. The Balaban J connectivity index is 1.63. The number of rotatable bonds is 5. The predicted octanol–water partition coefficient (Wildman–Crippen LogP) is 3.13. The fraction of sp³-hybridized carbons (Fsp3) is 0.176. The minimum atomic E-state index is 0.117. The van der Waals surface area contributed by atoms with Gasteiger partial charge in [0.25, 0.3) is 0 Å². The lowest BCUT2D eigenvalue weighted by atomic mass is 10.2. The van der Waals surface area contributed by atoms with Gasteiger partial charge in [0.15, 0.2) is 0 Å². The van der Waals surface area contributed by atoms with E-state index in [1.165, 1.54) is 0 Å². The number of aromatic nitrogens is 2. The van der Waals surface area contributed by atoms with E-state index in [1.54, 1.807) is 22.4 Å². The Bertz CT molecular complexity index is 734. The summed E-state index contributed by atoms with van der Waals surface area (Å²) in [5.74, 6) is 0.117. The highest BCUT2D eigenvalue weighted by Crippen LogP contribution is 2.11. The van der Waals surface area contributed by atoms with Crippen LogP contribution in [0.15, 0.2) is 59.6 Å². The van der Waals surface area contributed by atoms with Crippen LogP contribution in [-0.4, -0.2) is 27.6 Å². The Morgan fingerprint density at radius 1 is 1.23 bits per heavy atom. The normalized spacial score (nSPS) is 10.6. The van der Waals surface area contributed by atoms with Gasteiger partial charge in [-0.2, -0.15) is 16.4 Å². The maximum Gasteiger partial charge on any atom is 0.227 e. The number of hydrogen-bond donors (Lipinski definition) is 0. The SMILES string of the molecule is CN(Cc1cnn(-c2ccccc2)c1)C(=O)Cc1ccsc1. The molecule has 0 unspecified atom stereocenters. The molecule has 0 aliphatic rings. The zero-order chi connectivity index (χ0) is 15.4. The Labute approximate surface area is 133 Å². The third-order valence-electron chi connectivity index (χ3n) is 3.44. The van der Waals surface area contributed by atoms with Crippen LogP contribution in [0.2, 0.25) is 0 Å². The van der Waals surface area contributed by atoms with Crippen molar-refractivity contribution in [2.24, 2.45) is 0 Å². The van der Waals surface area contributed by atoms with Gasteiger partial charge < -0.3 is 4.90 Å². The topological polar surface area (TPSA) is 38.1 Å². The first-order chi connectivity index (χ1) is 10.7. The molecule has 0 atom stereocenters. The number of likely N-dealkylation sites (N-methyl/N-ethyl adjacent to an activating group) is 1. The molecule has 4 nitrogen and oxygen atoms in total. The molecule has 0 saturated carbocycles. The Hall–Kier alpha value is -2.40. The first-order valence-corrected chi connectivity index (χ1v) is 8.00. The zero-order valence-electron chi connectivity index (χ0n) is 12.3. The summed E-state index contributed by atoms with van der Waals surface area (Å²) in [4.78, 5) is 13.9. The van der Waals surface area contributed by atoms with Crippen LogP contribution in [0.3, 0.4) is 0 Å². The number of benzene rings is 1. The van der Waals surface area contributed by atoms with Gasteiger partial charge in [-0.3, -0.25) is 4.79 Å². The Morgan fingerprint density at radius 3 is 2.77 bits per heavy atom. The maximum atomic E-state index is 12.2. The second-order valence-corrected chi connectivity index (χ2v) is 5.97. The molecule has 0 radical (unpaired) electrons. The number of carbonyl (C=O) groups excluding carboxylic acids is 1. The van der Waals surface area contributed by atoms with Gasteiger partial charge in [-0.25, -0.2) is 4.68 Å². The van der Waals surface area contributed by atoms with Crippen molar-refractivity contribution in [3.63, 3.8) is 0 Å². The maximum absolute atomic E-state index is 12.2. The predicted molar refractivity (Wildman–Crippen MR) is 88.1 cm³/mol. The summed E-state index contributed by atoms with van der Waals surface area (Å²) in [5.41, 5.74) is 3.10. The zero-order valence-corrected chi connectivity index (χ0v) is 13.2. The second kappa shape index (κ2) is 6.58. The van der Waals surface area contributed by atoms with Crippen LogP contribution in [0.1, 0.15) is 11.1 Å². The molecule has 5 heteroatoms. The molecule has 0 aliphatic carbocycles. The number of amides is 1. The van der Waals surface area contributed by atoms with Crippen LogP contribution in [0.4, 0.5) is 0 Å². The van der Waals surface area contributed by atoms with Crippen LogP contribution >= 0.6 is 11.3 Å². The number of thiophene rings is 1. The highest BCUT2D eigenvalue weighted by molar-refractivity contribution is 7.07. The first kappa shape index (κ1) is 14.5. The number of hydrogen-bond acceptors (Lipinski definition) is 3. The first-order valence-electron chi connectivity index (χ1n) is 7.06. The summed E-state index contributed by atoms with van der Waals surface area (Å²) in [7, 11) is 1.83. The summed E-state index contributed by atoms with van der Waals surface area (Å²) in [6.45, 7) is 0.565. The standard InChI is InChI=1S/C17H17N3OS/c1-19(17(21)9-14-7-8-22-13-14)11-15-10-18-20(12-15)16-5-3-2-4-6-16/h2-8,10,12-13H,9,11H2,1H3. The molecular weight excluding hydrogens is 294 g/mol. The average molecular weight is 311 g/mol. The van der Waals surface area contributed by atoms with E-state index in [-0.39, 0.29) is 5.91 Å². The van der Waals surface area contributed by atoms with Crippen molar-refractivity contribution in [1.29, 1.82) is 0 Å². The summed E-state index contributed by atoms with van der Waals surface area (Å²) in [6, 6.07) is 11.9. The third kappa shape index (κ3) is 3.43. The average Bonchev–Trinajstić information content (AvgIpc) is 3.20. The molecule has 0 saturated heterocycles. The summed E-state index contributed by atoms with van der Waals surface area (Å²) in [5, 5.41) is 8.36. The van der Waals surface area contributed by atoms with Gasteiger partial charge in [0.05, 0.1) is 18.3 Å². The van der Waals surface area contributed by atoms with Gasteiger partial charge in [0, 0.05) is 25.4 Å². The van der Waals surface area contributed by atoms with Crippen molar-refractivity contribution in [3.8, 4) is 5.69 Å². The van der Waals surface area contributed by atoms with E-state index < -0.39 is 0 Å². The highest BCUT2D eigenvalue weighted by atomic mass is 32.1. The molecule has 2 aromatic heterocycles. The van der Waals surface area contributed by atoms with Gasteiger partial charge in [-0.1, -0.05) is 18.2 Å². The number of para-hydroxylation sites is 1. The molecule has 0 spiro atoms. The van der Waals surface area contributed by atoms with Gasteiger partial charge >= 0.3 is 0 Å². The van der Waals surface area contributed by atoms with Crippen LogP contribution < -0.4 is 0 Å². The van der Waals surface area contributed by atoms with Crippen molar-refractivity contribution in [1.82, 2.24) is 14.7 Å². The minimum Gasteiger partial charge on any atom is -0.341 e. The summed E-state index contributed by atoms with van der Waals surface area (Å²) >= 11 is 1.61. The van der Waals surface area contributed by atoms with Crippen LogP contribution in [0, 0.1) is 0 Å². The quantitative estimate of drug-likeness (QED) is 0.726. The molecule has 3 rings (SSSR count). The molecule has 0 fully saturated rings. The Morgan fingerprint density at radius 2 is 2.05 bits per heavy atom. The van der Waals surface area contributed by atoms with Gasteiger partial charge in [-0.05, 0) is 34.5 Å². The molecular formula is C17H17N3OS.